The molecule has 0 atom stereocenters. The molecule has 1 aliphatic carbocycles. The van der Waals surface area contributed by atoms with Crippen molar-refractivity contribution in [1.82, 2.24) is 0 Å². The average Bonchev–Trinajstić information content (AvgIpc) is 3.27. The Bertz CT molecular complexity index is 1840. The predicted molar refractivity (Wildman–Crippen MR) is 155 cm³/mol. The average molecular weight is 479 g/mol. The lowest BCUT2D eigenvalue weighted by atomic mass is 9.82. The fourth-order valence-corrected chi connectivity index (χ4v) is 6.05. The van der Waals surface area contributed by atoms with Gasteiger partial charge in [-0.2, -0.15) is 0 Å². The van der Waals surface area contributed by atoms with Gasteiger partial charge in [-0.1, -0.05) is 96.6 Å². The van der Waals surface area contributed by atoms with Crippen LogP contribution in [-0.2, 0) is 0 Å². The summed E-state index contributed by atoms with van der Waals surface area (Å²) in [6.45, 7) is 2.14. The van der Waals surface area contributed by atoms with Crippen molar-refractivity contribution in [2.75, 3.05) is 14.2 Å². The second-order valence-electron chi connectivity index (χ2n) is 9.69. The van der Waals surface area contributed by atoms with E-state index in [2.05, 4.69) is 104 Å². The highest BCUT2D eigenvalue weighted by atomic mass is 16.5. The van der Waals surface area contributed by atoms with E-state index >= 15 is 0 Å². The van der Waals surface area contributed by atoms with Gasteiger partial charge in [-0.05, 0) is 85.1 Å². The van der Waals surface area contributed by atoms with Gasteiger partial charge in [0.1, 0.15) is 0 Å². The Labute approximate surface area is 216 Å². The third-order valence-electron chi connectivity index (χ3n) is 7.67. The fraction of sp³-hybridized carbons (Fsp3) is 0.0857. The van der Waals surface area contributed by atoms with Crippen LogP contribution in [0.1, 0.15) is 5.56 Å². The summed E-state index contributed by atoms with van der Waals surface area (Å²) in [6, 6.07) is 37.4. The second-order valence-corrected chi connectivity index (χ2v) is 9.69. The van der Waals surface area contributed by atoms with Crippen LogP contribution in [0.2, 0.25) is 0 Å². The summed E-state index contributed by atoms with van der Waals surface area (Å²) in [7, 11) is 3.37. The molecule has 0 saturated heterocycles. The van der Waals surface area contributed by atoms with Crippen LogP contribution >= 0.6 is 0 Å². The Hall–Kier alpha value is -4.56. The summed E-state index contributed by atoms with van der Waals surface area (Å²) < 4.78 is 11.3. The Kier molecular flexibility index (Phi) is 4.84. The maximum absolute atomic E-state index is 5.73. The molecule has 0 N–H and O–H groups in total. The molecule has 0 spiro atoms. The Morgan fingerprint density at radius 1 is 0.486 bits per heavy atom. The zero-order valence-electron chi connectivity index (χ0n) is 21.1. The molecule has 178 valence electrons. The van der Waals surface area contributed by atoms with E-state index in [9.17, 15) is 0 Å². The van der Waals surface area contributed by atoms with Crippen molar-refractivity contribution < 1.29 is 9.47 Å². The van der Waals surface area contributed by atoms with E-state index in [1.165, 1.54) is 66.1 Å². The first-order valence-electron chi connectivity index (χ1n) is 12.6. The van der Waals surface area contributed by atoms with Gasteiger partial charge in [0.25, 0.3) is 0 Å². The Balaban J connectivity index is 1.70. The SMILES string of the molecule is COc1ccc(-c2c3c(c(-c4ccc(C)cc4)c4ccccc24)-c2cccc4cccc-3c24)cc1OC. The number of hydrogen-bond donors (Lipinski definition) is 0. The molecule has 0 aliphatic heterocycles. The van der Waals surface area contributed by atoms with E-state index in [1.54, 1.807) is 14.2 Å². The molecular formula is C35H26O2. The lowest BCUT2D eigenvalue weighted by Crippen LogP contribution is -1.95. The van der Waals surface area contributed by atoms with Crippen molar-refractivity contribution in [1.29, 1.82) is 0 Å². The smallest absolute Gasteiger partial charge is 0.161 e. The van der Waals surface area contributed by atoms with Gasteiger partial charge >= 0.3 is 0 Å². The number of ether oxygens (including phenoxy) is 2. The Morgan fingerprint density at radius 2 is 1.05 bits per heavy atom. The fourth-order valence-electron chi connectivity index (χ4n) is 6.05. The van der Waals surface area contributed by atoms with Gasteiger partial charge in [-0.3, -0.25) is 0 Å². The third-order valence-corrected chi connectivity index (χ3v) is 7.67. The van der Waals surface area contributed by atoms with Crippen molar-refractivity contribution in [2.24, 2.45) is 0 Å². The Morgan fingerprint density at radius 3 is 1.65 bits per heavy atom. The summed E-state index contributed by atoms with van der Waals surface area (Å²) >= 11 is 0. The van der Waals surface area contributed by atoms with E-state index in [4.69, 9.17) is 9.47 Å². The molecular weight excluding hydrogens is 452 g/mol. The molecule has 0 aromatic heterocycles. The number of aryl methyl sites for hydroxylation is 1. The van der Waals surface area contributed by atoms with Crippen LogP contribution in [-0.4, -0.2) is 14.2 Å². The molecule has 0 fully saturated rings. The van der Waals surface area contributed by atoms with E-state index in [-0.39, 0.29) is 0 Å². The molecule has 37 heavy (non-hydrogen) atoms. The van der Waals surface area contributed by atoms with Crippen LogP contribution in [0, 0.1) is 6.92 Å². The zero-order chi connectivity index (χ0) is 25.1. The van der Waals surface area contributed by atoms with Crippen LogP contribution in [0.3, 0.4) is 0 Å². The van der Waals surface area contributed by atoms with Gasteiger partial charge in [0.2, 0.25) is 0 Å². The maximum atomic E-state index is 5.73. The van der Waals surface area contributed by atoms with Crippen LogP contribution in [0.4, 0.5) is 0 Å². The highest BCUT2D eigenvalue weighted by Crippen LogP contribution is 2.57. The van der Waals surface area contributed by atoms with Crippen LogP contribution in [0.5, 0.6) is 11.5 Å². The lowest BCUT2D eigenvalue weighted by Gasteiger charge is -2.21. The molecule has 0 bridgehead atoms. The lowest BCUT2D eigenvalue weighted by molar-refractivity contribution is 0.355. The number of hydrogen-bond acceptors (Lipinski definition) is 2. The summed E-state index contributed by atoms with van der Waals surface area (Å²) in [5.74, 6) is 1.46. The molecule has 6 aromatic carbocycles. The van der Waals surface area contributed by atoms with Gasteiger partial charge in [0.05, 0.1) is 14.2 Å². The van der Waals surface area contributed by atoms with E-state index in [0.29, 0.717) is 0 Å². The number of methoxy groups -OCH3 is 2. The summed E-state index contributed by atoms with van der Waals surface area (Å²) in [5, 5.41) is 5.07. The topological polar surface area (TPSA) is 18.5 Å². The van der Waals surface area contributed by atoms with Crippen LogP contribution in [0.25, 0.3) is 66.1 Å². The first kappa shape index (κ1) is 21.7. The predicted octanol–water partition coefficient (Wildman–Crippen LogP) is 9.30. The van der Waals surface area contributed by atoms with E-state index in [0.717, 1.165) is 17.1 Å². The first-order valence-corrected chi connectivity index (χ1v) is 12.6. The molecule has 0 amide bonds. The van der Waals surface area contributed by atoms with Gasteiger partial charge in [-0.25, -0.2) is 0 Å². The minimum atomic E-state index is 0.730. The van der Waals surface area contributed by atoms with Gasteiger partial charge in [0.15, 0.2) is 11.5 Å². The molecule has 0 saturated carbocycles. The van der Waals surface area contributed by atoms with Crippen molar-refractivity contribution in [3.63, 3.8) is 0 Å². The van der Waals surface area contributed by atoms with Crippen molar-refractivity contribution in [3.05, 3.63) is 109 Å². The monoisotopic (exact) mass is 478 g/mol. The summed E-state index contributed by atoms with van der Waals surface area (Å²) in [6.07, 6.45) is 0. The van der Waals surface area contributed by atoms with E-state index in [1.807, 2.05) is 6.07 Å². The molecule has 2 heteroatoms. The van der Waals surface area contributed by atoms with Crippen molar-refractivity contribution in [3.8, 4) is 56.0 Å². The highest BCUT2D eigenvalue weighted by Gasteiger charge is 2.30. The minimum absolute atomic E-state index is 0.730. The summed E-state index contributed by atoms with van der Waals surface area (Å²) in [4.78, 5) is 0. The molecule has 7 rings (SSSR count). The van der Waals surface area contributed by atoms with E-state index < -0.39 is 0 Å². The van der Waals surface area contributed by atoms with Gasteiger partial charge in [-0.15, -0.1) is 0 Å². The molecule has 0 unspecified atom stereocenters. The van der Waals surface area contributed by atoms with Gasteiger partial charge < -0.3 is 9.47 Å². The van der Waals surface area contributed by atoms with Crippen LogP contribution < -0.4 is 9.47 Å². The normalized spacial score (nSPS) is 11.6. The molecule has 0 radical (unpaired) electrons. The standard InChI is InChI=1S/C35H26O2/c1-21-14-16-23(17-15-21)32-25-10-4-5-11-26(25)33(24-18-19-29(36-2)30(20-24)37-3)35-28-13-7-9-22-8-6-12-27(31(22)28)34(32)35/h4-20H,1-3H3. The van der Waals surface area contributed by atoms with Gasteiger partial charge in [0, 0.05) is 0 Å². The third kappa shape index (κ3) is 3.12. The van der Waals surface area contributed by atoms with Crippen LogP contribution in [0.15, 0.2) is 103 Å². The molecule has 1 aliphatic rings. The minimum Gasteiger partial charge on any atom is -0.493 e. The van der Waals surface area contributed by atoms with Crippen molar-refractivity contribution >= 4 is 21.5 Å². The number of benzene rings is 6. The largest absolute Gasteiger partial charge is 0.493 e. The second kappa shape index (κ2) is 8.25. The molecule has 0 heterocycles. The number of rotatable bonds is 4. The summed E-state index contributed by atoms with van der Waals surface area (Å²) in [5.41, 5.74) is 11.3. The molecule has 6 aromatic rings. The highest BCUT2D eigenvalue weighted by molar-refractivity contribution is 6.27. The zero-order valence-corrected chi connectivity index (χ0v) is 21.1. The van der Waals surface area contributed by atoms with Crippen molar-refractivity contribution in [2.45, 2.75) is 6.92 Å². The molecule has 2 nitrogen and oxygen atoms in total. The number of fused-ring (bicyclic) bond motifs is 4. The maximum Gasteiger partial charge on any atom is 0.161 e. The quantitative estimate of drug-likeness (QED) is 0.251. The first-order chi connectivity index (χ1) is 18.2.